The number of esters is 1. The first-order valence-electron chi connectivity index (χ1n) is 13.1. The average molecular weight is 518 g/mol. The number of carbonyl (C=O) groups is 2. The highest BCUT2D eigenvalue weighted by atomic mass is 16.6. The molecule has 1 aliphatic heterocycles. The molecule has 0 bridgehead atoms. The van der Waals surface area contributed by atoms with E-state index in [1.54, 1.807) is 0 Å². The number of aryl methyl sites for hydroxylation is 1. The van der Waals surface area contributed by atoms with Crippen LogP contribution in [-0.4, -0.2) is 40.2 Å². The number of hydrogen-bond donors (Lipinski definition) is 2. The molecule has 2 heterocycles. The Kier molecular flexibility index (Phi) is 7.28. The summed E-state index contributed by atoms with van der Waals surface area (Å²) in [7, 11) is 0. The third kappa shape index (κ3) is 4.81. The Labute approximate surface area is 219 Å². The summed E-state index contributed by atoms with van der Waals surface area (Å²) >= 11 is 0. The SMILES string of the molecule is CCCC(=O)OC1C[C@@H](n2cc(CC)c(=O)[nH]c2=O)O[C@H]1CNC(=O)C1c2ccccc2-c2ccccc21. The fourth-order valence-corrected chi connectivity index (χ4v) is 5.34. The number of aromatic amines is 1. The van der Waals surface area contributed by atoms with Gasteiger partial charge in [0.1, 0.15) is 18.4 Å². The van der Waals surface area contributed by atoms with Crippen LogP contribution in [0.15, 0.2) is 64.3 Å². The average Bonchev–Trinajstić information content (AvgIpc) is 3.46. The summed E-state index contributed by atoms with van der Waals surface area (Å²) in [5.41, 5.74) is 3.37. The molecule has 1 aliphatic carbocycles. The molecule has 198 valence electrons. The lowest BCUT2D eigenvalue weighted by atomic mass is 9.96. The summed E-state index contributed by atoms with van der Waals surface area (Å²) in [5, 5.41) is 3.00. The first-order chi connectivity index (χ1) is 18.4. The van der Waals surface area contributed by atoms with Gasteiger partial charge in [-0.25, -0.2) is 4.79 Å². The van der Waals surface area contributed by atoms with E-state index in [4.69, 9.17) is 9.47 Å². The van der Waals surface area contributed by atoms with Crippen LogP contribution in [-0.2, 0) is 25.5 Å². The van der Waals surface area contributed by atoms with Crippen molar-refractivity contribution >= 4 is 11.9 Å². The van der Waals surface area contributed by atoms with Crippen LogP contribution < -0.4 is 16.6 Å². The number of carbonyl (C=O) groups excluding carboxylic acids is 2. The van der Waals surface area contributed by atoms with E-state index < -0.39 is 35.6 Å². The van der Waals surface area contributed by atoms with Gasteiger partial charge in [-0.3, -0.25) is 23.9 Å². The van der Waals surface area contributed by atoms with E-state index in [1.165, 1.54) is 10.8 Å². The molecule has 5 rings (SSSR count). The van der Waals surface area contributed by atoms with Gasteiger partial charge in [0, 0.05) is 31.1 Å². The second kappa shape index (κ2) is 10.8. The Bertz CT molecular complexity index is 1430. The highest BCUT2D eigenvalue weighted by Crippen LogP contribution is 2.44. The van der Waals surface area contributed by atoms with Crippen molar-refractivity contribution in [1.29, 1.82) is 0 Å². The second-order valence-corrected chi connectivity index (χ2v) is 9.67. The molecule has 1 fully saturated rings. The molecule has 2 aliphatic rings. The summed E-state index contributed by atoms with van der Waals surface area (Å²) in [6, 6.07) is 15.7. The molecule has 1 saturated heterocycles. The lowest BCUT2D eigenvalue weighted by Gasteiger charge is -2.21. The molecule has 1 unspecified atom stereocenters. The molecule has 2 N–H and O–H groups in total. The van der Waals surface area contributed by atoms with E-state index in [0.29, 0.717) is 18.4 Å². The highest BCUT2D eigenvalue weighted by Gasteiger charge is 2.40. The topological polar surface area (TPSA) is 119 Å². The van der Waals surface area contributed by atoms with Gasteiger partial charge in [-0.1, -0.05) is 62.4 Å². The fourth-order valence-electron chi connectivity index (χ4n) is 5.34. The zero-order chi connectivity index (χ0) is 26.8. The molecule has 1 amide bonds. The molecule has 0 spiro atoms. The van der Waals surface area contributed by atoms with Crippen LogP contribution in [0.1, 0.15) is 61.9 Å². The van der Waals surface area contributed by atoms with Gasteiger partial charge in [0.05, 0.1) is 5.92 Å². The van der Waals surface area contributed by atoms with Crippen molar-refractivity contribution in [3.05, 3.63) is 92.3 Å². The smallest absolute Gasteiger partial charge is 0.330 e. The Hall–Kier alpha value is -3.98. The Balaban J connectivity index is 1.37. The standard InChI is InChI=1S/C29H31N3O6/c1-3-9-25(33)38-22-14-24(32-16-17(4-2)27(34)31-29(32)36)37-23(22)15-30-28(35)26-20-12-7-5-10-18(20)19-11-6-8-13-21(19)26/h5-8,10-13,16,22-24,26H,3-4,9,14-15H2,1-2H3,(H,30,35)(H,31,34,36)/t22?,23-,24-/m0/s1. The summed E-state index contributed by atoms with van der Waals surface area (Å²) < 4.78 is 13.2. The molecule has 3 atom stereocenters. The van der Waals surface area contributed by atoms with Crippen molar-refractivity contribution in [3.63, 3.8) is 0 Å². The van der Waals surface area contributed by atoms with Gasteiger partial charge in [-0.05, 0) is 35.1 Å². The van der Waals surface area contributed by atoms with Gasteiger partial charge >= 0.3 is 11.7 Å². The van der Waals surface area contributed by atoms with Crippen molar-refractivity contribution < 1.29 is 19.1 Å². The Morgan fingerprint density at radius 3 is 2.34 bits per heavy atom. The molecular formula is C29H31N3O6. The quantitative estimate of drug-likeness (QED) is 0.444. The molecule has 38 heavy (non-hydrogen) atoms. The van der Waals surface area contributed by atoms with Gasteiger partial charge < -0.3 is 14.8 Å². The Morgan fingerprint density at radius 1 is 1.05 bits per heavy atom. The fraction of sp³-hybridized carbons (Fsp3) is 0.379. The number of fused-ring (bicyclic) bond motifs is 3. The minimum atomic E-state index is -0.751. The zero-order valence-corrected chi connectivity index (χ0v) is 21.4. The van der Waals surface area contributed by atoms with Crippen molar-refractivity contribution in [3.8, 4) is 11.1 Å². The molecule has 9 nitrogen and oxygen atoms in total. The number of H-pyrrole nitrogens is 1. The minimum Gasteiger partial charge on any atom is -0.459 e. The molecule has 1 aromatic heterocycles. The lowest BCUT2D eigenvalue weighted by Crippen LogP contribution is -2.40. The van der Waals surface area contributed by atoms with Crippen molar-refractivity contribution in [1.82, 2.24) is 14.9 Å². The van der Waals surface area contributed by atoms with Gasteiger partial charge in [-0.2, -0.15) is 0 Å². The summed E-state index contributed by atoms with van der Waals surface area (Å²) in [5.74, 6) is -1.00. The molecule has 3 aromatic rings. The summed E-state index contributed by atoms with van der Waals surface area (Å²) in [6.45, 7) is 3.80. The van der Waals surface area contributed by atoms with Gasteiger partial charge in [-0.15, -0.1) is 0 Å². The van der Waals surface area contributed by atoms with Crippen LogP contribution in [0.3, 0.4) is 0 Å². The van der Waals surface area contributed by atoms with Crippen LogP contribution >= 0.6 is 0 Å². The van der Waals surface area contributed by atoms with E-state index in [2.05, 4.69) is 10.3 Å². The van der Waals surface area contributed by atoms with Gasteiger partial charge in [0.25, 0.3) is 5.56 Å². The van der Waals surface area contributed by atoms with Crippen LogP contribution in [0.4, 0.5) is 0 Å². The van der Waals surface area contributed by atoms with E-state index in [-0.39, 0.29) is 31.3 Å². The maximum atomic E-state index is 13.5. The number of ether oxygens (including phenoxy) is 2. The maximum Gasteiger partial charge on any atom is 0.330 e. The first-order valence-corrected chi connectivity index (χ1v) is 13.1. The van der Waals surface area contributed by atoms with Crippen LogP contribution in [0.2, 0.25) is 0 Å². The predicted molar refractivity (Wildman–Crippen MR) is 141 cm³/mol. The number of benzene rings is 2. The molecule has 2 aromatic carbocycles. The predicted octanol–water partition coefficient (Wildman–Crippen LogP) is 3.03. The van der Waals surface area contributed by atoms with E-state index in [9.17, 15) is 19.2 Å². The summed E-state index contributed by atoms with van der Waals surface area (Å²) in [6.07, 6.45) is 0.975. The lowest BCUT2D eigenvalue weighted by molar-refractivity contribution is -0.151. The van der Waals surface area contributed by atoms with Gasteiger partial charge in [0.2, 0.25) is 5.91 Å². The van der Waals surface area contributed by atoms with Crippen molar-refractivity contribution in [2.45, 2.75) is 63.9 Å². The number of amides is 1. The number of rotatable bonds is 8. The minimum absolute atomic E-state index is 0.0962. The number of aromatic nitrogens is 2. The Morgan fingerprint density at radius 2 is 1.71 bits per heavy atom. The van der Waals surface area contributed by atoms with E-state index in [0.717, 1.165) is 22.3 Å². The van der Waals surface area contributed by atoms with Crippen LogP contribution in [0, 0.1) is 0 Å². The molecule has 0 radical (unpaired) electrons. The number of hydrogen-bond acceptors (Lipinski definition) is 6. The second-order valence-electron chi connectivity index (χ2n) is 9.67. The third-order valence-electron chi connectivity index (χ3n) is 7.22. The third-order valence-corrected chi connectivity index (χ3v) is 7.22. The number of nitrogens with zero attached hydrogens (tertiary/aromatic N) is 1. The monoisotopic (exact) mass is 517 g/mol. The first kappa shape index (κ1) is 25.7. The van der Waals surface area contributed by atoms with Crippen molar-refractivity contribution in [2.24, 2.45) is 0 Å². The van der Waals surface area contributed by atoms with E-state index >= 15 is 0 Å². The normalized spacial score (nSPS) is 20.1. The highest BCUT2D eigenvalue weighted by molar-refractivity contribution is 5.96. The van der Waals surface area contributed by atoms with E-state index in [1.807, 2.05) is 62.4 Å². The maximum absolute atomic E-state index is 13.5. The largest absolute Gasteiger partial charge is 0.459 e. The zero-order valence-electron chi connectivity index (χ0n) is 21.4. The summed E-state index contributed by atoms with van der Waals surface area (Å²) in [4.78, 5) is 52.8. The van der Waals surface area contributed by atoms with Crippen molar-refractivity contribution in [2.75, 3.05) is 6.54 Å². The number of nitrogens with one attached hydrogen (secondary N) is 2. The van der Waals surface area contributed by atoms with Crippen LogP contribution in [0.25, 0.3) is 11.1 Å². The van der Waals surface area contributed by atoms with Crippen LogP contribution in [0.5, 0.6) is 0 Å². The van der Waals surface area contributed by atoms with Gasteiger partial charge in [0.15, 0.2) is 0 Å². The molecule has 0 saturated carbocycles. The molecule has 9 heteroatoms. The molecular weight excluding hydrogens is 486 g/mol.